The average molecular weight is 438 g/mol. The second-order valence-corrected chi connectivity index (χ2v) is 8.72. The second-order valence-electron chi connectivity index (χ2n) is 7.69. The summed E-state index contributed by atoms with van der Waals surface area (Å²) < 4.78 is 20.0. The normalized spacial score (nSPS) is 22.8. The number of carbonyl (C=O) groups excluding carboxylic acids is 3. The van der Waals surface area contributed by atoms with E-state index in [-0.39, 0.29) is 18.2 Å². The number of anilines is 2. The topological polar surface area (TPSA) is 116 Å². The van der Waals surface area contributed by atoms with Crippen LogP contribution in [0.2, 0.25) is 0 Å². The lowest BCUT2D eigenvalue weighted by Gasteiger charge is -2.37. The first-order valence-electron chi connectivity index (χ1n) is 9.73. The molecule has 2 heterocycles. The minimum Gasteiger partial charge on any atom is -0.443 e. The van der Waals surface area contributed by atoms with E-state index in [1.807, 2.05) is 4.90 Å². The number of nitrogens with zero attached hydrogens (tertiary/aromatic N) is 3. The van der Waals surface area contributed by atoms with E-state index >= 15 is 0 Å². The predicted molar refractivity (Wildman–Crippen MR) is 109 cm³/mol. The van der Waals surface area contributed by atoms with Crippen LogP contribution in [0.3, 0.4) is 0 Å². The van der Waals surface area contributed by atoms with E-state index in [1.165, 1.54) is 11.0 Å². The highest BCUT2D eigenvalue weighted by molar-refractivity contribution is 8.13. The summed E-state index contributed by atoms with van der Waals surface area (Å²) in [4.78, 5) is 40.0. The summed E-state index contributed by atoms with van der Waals surface area (Å²) >= 11 is 0.870. The first-order valence-corrected chi connectivity index (χ1v) is 10.7. The molecule has 1 aromatic rings. The van der Waals surface area contributed by atoms with Gasteiger partial charge in [-0.1, -0.05) is 11.8 Å². The van der Waals surface area contributed by atoms with E-state index in [2.05, 4.69) is 0 Å². The summed E-state index contributed by atoms with van der Waals surface area (Å²) in [5, 5.41) is 9.43. The Labute approximate surface area is 176 Å². The van der Waals surface area contributed by atoms with Gasteiger partial charge in [0.15, 0.2) is 0 Å². The third kappa shape index (κ3) is 4.17. The van der Waals surface area contributed by atoms with E-state index < -0.39 is 28.9 Å². The summed E-state index contributed by atoms with van der Waals surface area (Å²) in [5.41, 5.74) is 4.67. The Morgan fingerprint density at radius 1 is 1.27 bits per heavy atom. The lowest BCUT2D eigenvalue weighted by atomic mass is 10.2. The minimum atomic E-state index is -1.19. The number of nitrogens with two attached hydrogens (primary N) is 1. The number of piperazine rings is 1. The van der Waals surface area contributed by atoms with Gasteiger partial charge in [0.25, 0.3) is 11.1 Å². The molecule has 1 unspecified atom stereocenters. The Bertz CT molecular complexity index is 872. The van der Waals surface area contributed by atoms with Gasteiger partial charge in [0, 0.05) is 31.9 Å². The van der Waals surface area contributed by atoms with Crippen molar-refractivity contribution in [2.75, 3.05) is 48.3 Å². The van der Waals surface area contributed by atoms with Crippen LogP contribution in [0.5, 0.6) is 0 Å². The smallest absolute Gasteiger partial charge is 0.414 e. The average Bonchev–Trinajstić information content (AvgIpc) is 3.36. The zero-order valence-corrected chi connectivity index (χ0v) is 17.1. The summed E-state index contributed by atoms with van der Waals surface area (Å²) in [6.07, 6.45) is -0.0845. The van der Waals surface area contributed by atoms with Gasteiger partial charge < -0.3 is 25.4 Å². The molecule has 3 N–H and O–H groups in total. The fraction of sp³-hybridized carbons (Fsp3) is 0.526. The number of hydrogen-bond donors (Lipinski definition) is 2. The van der Waals surface area contributed by atoms with Gasteiger partial charge in [-0.25, -0.2) is 9.18 Å². The number of thioether (sulfide) groups is 1. The molecule has 1 aromatic carbocycles. The molecule has 0 spiro atoms. The summed E-state index contributed by atoms with van der Waals surface area (Å²) in [5.74, 6) is -0.471. The van der Waals surface area contributed by atoms with E-state index in [1.54, 1.807) is 17.0 Å². The van der Waals surface area contributed by atoms with Crippen LogP contribution in [-0.2, 0) is 9.53 Å². The lowest BCUT2D eigenvalue weighted by Crippen LogP contribution is -2.52. The maximum atomic E-state index is 14.8. The molecule has 9 nitrogen and oxygen atoms in total. The van der Waals surface area contributed by atoms with Crippen LogP contribution in [0.4, 0.5) is 25.4 Å². The number of cyclic esters (lactones) is 1. The van der Waals surface area contributed by atoms with E-state index in [0.717, 1.165) is 11.8 Å². The Morgan fingerprint density at radius 3 is 2.57 bits per heavy atom. The van der Waals surface area contributed by atoms with Crippen LogP contribution in [0, 0.1) is 5.82 Å². The maximum Gasteiger partial charge on any atom is 0.414 e. The van der Waals surface area contributed by atoms with E-state index in [0.29, 0.717) is 50.4 Å². The summed E-state index contributed by atoms with van der Waals surface area (Å²) in [6, 6.07) is 4.54. The molecular formula is C19H23FN4O5S. The zero-order valence-electron chi connectivity index (χ0n) is 16.3. The van der Waals surface area contributed by atoms with Crippen molar-refractivity contribution in [2.24, 2.45) is 5.73 Å². The quantitative estimate of drug-likeness (QED) is 0.708. The highest BCUT2D eigenvalue weighted by Gasteiger charge is 2.50. The molecule has 2 aliphatic heterocycles. The van der Waals surface area contributed by atoms with Gasteiger partial charge in [-0.3, -0.25) is 14.5 Å². The van der Waals surface area contributed by atoms with Gasteiger partial charge in [0.1, 0.15) is 17.5 Å². The van der Waals surface area contributed by atoms with Gasteiger partial charge >= 0.3 is 6.09 Å². The van der Waals surface area contributed by atoms with Crippen molar-refractivity contribution in [3.63, 3.8) is 0 Å². The van der Waals surface area contributed by atoms with Crippen LogP contribution in [0.25, 0.3) is 0 Å². The van der Waals surface area contributed by atoms with Crippen molar-refractivity contribution in [3.05, 3.63) is 24.0 Å². The number of ether oxygens (including phenoxy) is 1. The fourth-order valence-corrected chi connectivity index (χ4v) is 4.22. The molecule has 3 fully saturated rings. The molecule has 0 radical (unpaired) electrons. The van der Waals surface area contributed by atoms with Crippen LogP contribution in [0.1, 0.15) is 12.8 Å². The fourth-order valence-electron chi connectivity index (χ4n) is 3.69. The van der Waals surface area contributed by atoms with Crippen LogP contribution < -0.4 is 15.5 Å². The molecular weight excluding hydrogens is 415 g/mol. The molecule has 1 aliphatic carbocycles. The zero-order chi connectivity index (χ0) is 21.5. The molecule has 2 saturated heterocycles. The van der Waals surface area contributed by atoms with E-state index in [9.17, 15) is 23.9 Å². The van der Waals surface area contributed by atoms with Crippen molar-refractivity contribution >= 4 is 40.4 Å². The SMILES string of the molecule is NC(=O)SCC1CN(c2ccc(N3CCN(C(=O)C4(O)CC4)CC3)c(F)c2)C(=O)O1. The summed E-state index contributed by atoms with van der Waals surface area (Å²) in [6.45, 7) is 1.95. The molecule has 0 bridgehead atoms. The Kier molecular flexibility index (Phi) is 5.49. The molecule has 1 saturated carbocycles. The van der Waals surface area contributed by atoms with Gasteiger partial charge in [-0.05, 0) is 31.0 Å². The molecule has 1 atom stereocenters. The molecule has 3 aliphatic rings. The molecule has 30 heavy (non-hydrogen) atoms. The Balaban J connectivity index is 1.37. The third-order valence-electron chi connectivity index (χ3n) is 5.56. The number of rotatable bonds is 5. The monoisotopic (exact) mass is 438 g/mol. The Morgan fingerprint density at radius 2 is 1.97 bits per heavy atom. The predicted octanol–water partition coefficient (Wildman–Crippen LogP) is 1.14. The van der Waals surface area contributed by atoms with Crippen molar-refractivity contribution < 1.29 is 28.6 Å². The first kappa shape index (κ1) is 20.7. The van der Waals surface area contributed by atoms with Crippen molar-refractivity contribution in [1.29, 1.82) is 0 Å². The summed E-state index contributed by atoms with van der Waals surface area (Å²) in [7, 11) is 0. The van der Waals surface area contributed by atoms with Crippen LogP contribution in [0.15, 0.2) is 18.2 Å². The maximum absolute atomic E-state index is 14.8. The van der Waals surface area contributed by atoms with Gasteiger partial charge in [-0.15, -0.1) is 0 Å². The van der Waals surface area contributed by atoms with Crippen molar-refractivity contribution in [1.82, 2.24) is 4.90 Å². The first-order chi connectivity index (χ1) is 14.3. The number of hydrogen-bond acceptors (Lipinski definition) is 7. The number of aliphatic hydroxyl groups is 1. The molecule has 3 amide bonds. The second kappa shape index (κ2) is 7.95. The highest BCUT2D eigenvalue weighted by Crippen LogP contribution is 2.37. The van der Waals surface area contributed by atoms with Gasteiger partial charge in [-0.2, -0.15) is 0 Å². The third-order valence-corrected chi connectivity index (χ3v) is 6.38. The van der Waals surface area contributed by atoms with Crippen molar-refractivity contribution in [2.45, 2.75) is 24.5 Å². The van der Waals surface area contributed by atoms with Crippen LogP contribution in [-0.4, -0.2) is 77.4 Å². The van der Waals surface area contributed by atoms with Gasteiger partial charge in [0.2, 0.25) is 0 Å². The number of benzene rings is 1. The number of halogens is 1. The number of primary amides is 1. The number of amides is 3. The molecule has 11 heteroatoms. The highest BCUT2D eigenvalue weighted by atomic mass is 32.2. The standard InChI is InChI=1S/C19H23FN4O5S/c20-14-9-12(24-10-13(29-18(24)27)11-30-17(21)26)1-2-15(14)22-5-7-23(8-6-22)16(25)19(28)3-4-19/h1-2,9,13,28H,3-8,10-11H2,(H2,21,26). The van der Waals surface area contributed by atoms with Crippen LogP contribution >= 0.6 is 11.8 Å². The molecule has 4 rings (SSSR count). The molecule has 162 valence electrons. The molecule has 0 aromatic heterocycles. The number of carbonyl (C=O) groups is 3. The van der Waals surface area contributed by atoms with Gasteiger partial charge in [0.05, 0.1) is 17.9 Å². The minimum absolute atomic E-state index is 0.210. The van der Waals surface area contributed by atoms with Crippen molar-refractivity contribution in [3.8, 4) is 0 Å². The lowest BCUT2D eigenvalue weighted by molar-refractivity contribution is -0.142. The Hall–Kier alpha value is -2.53. The van der Waals surface area contributed by atoms with E-state index in [4.69, 9.17) is 10.5 Å². The largest absolute Gasteiger partial charge is 0.443 e.